The summed E-state index contributed by atoms with van der Waals surface area (Å²) in [5.74, 6) is 1.00. The Morgan fingerprint density at radius 1 is 1.19 bits per heavy atom. The predicted molar refractivity (Wildman–Crippen MR) is 96.8 cm³/mol. The van der Waals surface area contributed by atoms with Gasteiger partial charge >= 0.3 is 0 Å². The Bertz CT molecular complexity index is 739. The zero-order chi connectivity index (χ0) is 18.2. The maximum atomic E-state index is 11.9. The number of aryl methyl sites for hydroxylation is 2. The molecule has 7 heteroatoms. The molecule has 2 aromatic rings. The SMILES string of the molecule is CCOc1cnc(CCc2cc(=O)cc(OCC3CCCCO3)[nH]2)cn1. The molecule has 1 unspecified atom stereocenters. The summed E-state index contributed by atoms with van der Waals surface area (Å²) >= 11 is 0. The molecule has 7 nitrogen and oxygen atoms in total. The van der Waals surface area contributed by atoms with Crippen LogP contribution < -0.4 is 14.9 Å². The largest absolute Gasteiger partial charge is 0.477 e. The molecule has 0 radical (unpaired) electrons. The van der Waals surface area contributed by atoms with Gasteiger partial charge in [0.05, 0.1) is 30.8 Å². The van der Waals surface area contributed by atoms with Gasteiger partial charge in [0.25, 0.3) is 0 Å². The predicted octanol–water partition coefficient (Wildman–Crippen LogP) is 2.30. The average molecular weight is 359 g/mol. The molecule has 3 heterocycles. The summed E-state index contributed by atoms with van der Waals surface area (Å²) in [5.41, 5.74) is 1.58. The first-order valence-electron chi connectivity index (χ1n) is 9.14. The highest BCUT2D eigenvalue weighted by Crippen LogP contribution is 2.14. The van der Waals surface area contributed by atoms with Crippen molar-refractivity contribution in [1.82, 2.24) is 15.0 Å². The van der Waals surface area contributed by atoms with Crippen LogP contribution in [0.4, 0.5) is 0 Å². The molecule has 26 heavy (non-hydrogen) atoms. The van der Waals surface area contributed by atoms with Crippen molar-refractivity contribution < 1.29 is 14.2 Å². The Morgan fingerprint density at radius 2 is 2.12 bits per heavy atom. The van der Waals surface area contributed by atoms with Crippen molar-refractivity contribution in [3.05, 3.63) is 46.1 Å². The maximum Gasteiger partial charge on any atom is 0.232 e. The number of hydrogen-bond donors (Lipinski definition) is 1. The van der Waals surface area contributed by atoms with E-state index in [1.165, 1.54) is 6.07 Å². The highest BCUT2D eigenvalue weighted by atomic mass is 16.5. The van der Waals surface area contributed by atoms with Crippen LogP contribution >= 0.6 is 0 Å². The Balaban J connectivity index is 1.55. The van der Waals surface area contributed by atoms with Gasteiger partial charge in [-0.25, -0.2) is 4.98 Å². The van der Waals surface area contributed by atoms with Crippen molar-refractivity contribution in [3.8, 4) is 11.8 Å². The van der Waals surface area contributed by atoms with Crippen molar-refractivity contribution in [2.24, 2.45) is 0 Å². The number of nitrogens with zero attached hydrogens (tertiary/aromatic N) is 2. The fraction of sp³-hybridized carbons (Fsp3) is 0.526. The summed E-state index contributed by atoms with van der Waals surface area (Å²) in [6, 6.07) is 3.06. The number of hydrogen-bond acceptors (Lipinski definition) is 6. The van der Waals surface area contributed by atoms with Crippen LogP contribution in [0.1, 0.15) is 37.6 Å². The topological polar surface area (TPSA) is 86.3 Å². The summed E-state index contributed by atoms with van der Waals surface area (Å²) in [6.45, 7) is 3.72. The molecule has 1 atom stereocenters. The van der Waals surface area contributed by atoms with Gasteiger partial charge in [-0.2, -0.15) is 0 Å². The Hall–Kier alpha value is -2.41. The number of H-pyrrole nitrogens is 1. The molecule has 0 bridgehead atoms. The molecule has 1 aliphatic heterocycles. The third kappa shape index (κ3) is 5.56. The molecule has 2 aromatic heterocycles. The summed E-state index contributed by atoms with van der Waals surface area (Å²) < 4.78 is 16.7. The van der Waals surface area contributed by atoms with Crippen LogP contribution in [0.2, 0.25) is 0 Å². The first-order valence-corrected chi connectivity index (χ1v) is 9.14. The van der Waals surface area contributed by atoms with E-state index in [1.54, 1.807) is 18.5 Å². The Labute approximate surface area is 152 Å². The number of pyridine rings is 1. The van der Waals surface area contributed by atoms with Crippen LogP contribution in [0.3, 0.4) is 0 Å². The molecule has 0 aliphatic carbocycles. The molecule has 1 fully saturated rings. The number of nitrogens with one attached hydrogen (secondary N) is 1. The minimum atomic E-state index is -0.0731. The number of ether oxygens (including phenoxy) is 3. The van der Waals surface area contributed by atoms with Crippen molar-refractivity contribution >= 4 is 0 Å². The van der Waals surface area contributed by atoms with Crippen molar-refractivity contribution in [2.75, 3.05) is 19.8 Å². The molecular formula is C19H25N3O4. The highest BCUT2D eigenvalue weighted by Gasteiger charge is 2.14. The number of aromatic amines is 1. The molecule has 1 aliphatic rings. The second kappa shape index (κ2) is 9.33. The minimum absolute atomic E-state index is 0.0731. The molecule has 1 saturated heterocycles. The van der Waals surface area contributed by atoms with Crippen molar-refractivity contribution in [2.45, 2.75) is 45.1 Å². The molecule has 0 aromatic carbocycles. The van der Waals surface area contributed by atoms with E-state index in [0.717, 1.165) is 37.3 Å². The van der Waals surface area contributed by atoms with Gasteiger partial charge in [0.15, 0.2) is 11.3 Å². The van der Waals surface area contributed by atoms with E-state index in [0.29, 0.717) is 37.8 Å². The standard InChI is InChI=1S/C19H25N3O4/c1-2-24-19-12-20-15(11-21-19)7-6-14-9-16(23)10-18(22-14)26-13-17-5-3-4-8-25-17/h9-12,17H,2-8,13H2,1H3,(H,22,23). The van der Waals surface area contributed by atoms with Crippen LogP contribution in [-0.4, -0.2) is 40.9 Å². The summed E-state index contributed by atoms with van der Waals surface area (Å²) in [6.07, 6.45) is 8.01. The van der Waals surface area contributed by atoms with Crippen molar-refractivity contribution in [1.29, 1.82) is 0 Å². The lowest BCUT2D eigenvalue weighted by Gasteiger charge is -2.22. The van der Waals surface area contributed by atoms with Gasteiger partial charge in [0.1, 0.15) is 6.61 Å². The van der Waals surface area contributed by atoms with Crippen LogP contribution in [0.5, 0.6) is 11.8 Å². The van der Waals surface area contributed by atoms with E-state index in [-0.39, 0.29) is 11.5 Å². The molecule has 0 saturated carbocycles. The van der Waals surface area contributed by atoms with Crippen LogP contribution in [0, 0.1) is 0 Å². The zero-order valence-corrected chi connectivity index (χ0v) is 15.1. The number of rotatable bonds is 8. The van der Waals surface area contributed by atoms with Gasteiger partial charge in [-0.1, -0.05) is 0 Å². The molecule has 3 rings (SSSR count). The molecule has 140 valence electrons. The zero-order valence-electron chi connectivity index (χ0n) is 15.1. The fourth-order valence-electron chi connectivity index (χ4n) is 2.86. The second-order valence-corrected chi connectivity index (χ2v) is 6.28. The van der Waals surface area contributed by atoms with Crippen molar-refractivity contribution in [3.63, 3.8) is 0 Å². The van der Waals surface area contributed by atoms with Gasteiger partial charge in [0, 0.05) is 24.4 Å². The van der Waals surface area contributed by atoms with Gasteiger partial charge < -0.3 is 19.2 Å². The van der Waals surface area contributed by atoms with Crippen LogP contribution in [-0.2, 0) is 17.6 Å². The van der Waals surface area contributed by atoms with Gasteiger partial charge in [-0.3, -0.25) is 9.78 Å². The molecule has 0 spiro atoms. The van der Waals surface area contributed by atoms with Gasteiger partial charge in [0.2, 0.25) is 5.88 Å². The summed E-state index contributed by atoms with van der Waals surface area (Å²) in [5, 5.41) is 0. The fourth-order valence-corrected chi connectivity index (χ4v) is 2.86. The Morgan fingerprint density at radius 3 is 2.85 bits per heavy atom. The number of aromatic nitrogens is 3. The molecular weight excluding hydrogens is 334 g/mol. The molecule has 1 N–H and O–H groups in total. The van der Waals surface area contributed by atoms with Gasteiger partial charge in [-0.05, 0) is 39.0 Å². The lowest BCUT2D eigenvalue weighted by molar-refractivity contribution is -0.0120. The summed E-state index contributed by atoms with van der Waals surface area (Å²) in [7, 11) is 0. The second-order valence-electron chi connectivity index (χ2n) is 6.28. The van der Waals surface area contributed by atoms with E-state index < -0.39 is 0 Å². The van der Waals surface area contributed by atoms with E-state index in [9.17, 15) is 4.79 Å². The quantitative estimate of drug-likeness (QED) is 0.778. The van der Waals surface area contributed by atoms with Crippen LogP contribution in [0.25, 0.3) is 0 Å². The smallest absolute Gasteiger partial charge is 0.232 e. The maximum absolute atomic E-state index is 11.9. The van der Waals surface area contributed by atoms with Gasteiger partial charge in [-0.15, -0.1) is 0 Å². The first kappa shape index (κ1) is 18.4. The van der Waals surface area contributed by atoms with E-state index in [2.05, 4.69) is 15.0 Å². The third-order valence-electron chi connectivity index (χ3n) is 4.20. The minimum Gasteiger partial charge on any atom is -0.477 e. The average Bonchev–Trinajstić information content (AvgIpc) is 2.67. The van der Waals surface area contributed by atoms with E-state index in [4.69, 9.17) is 14.2 Å². The lowest BCUT2D eigenvalue weighted by Crippen LogP contribution is -2.26. The Kier molecular flexibility index (Phi) is 6.60. The molecule has 0 amide bonds. The normalized spacial score (nSPS) is 17.0. The highest BCUT2D eigenvalue weighted by molar-refractivity contribution is 5.17. The van der Waals surface area contributed by atoms with Crippen LogP contribution in [0.15, 0.2) is 29.3 Å². The lowest BCUT2D eigenvalue weighted by atomic mass is 10.1. The van der Waals surface area contributed by atoms with E-state index >= 15 is 0 Å². The van der Waals surface area contributed by atoms with E-state index in [1.807, 2.05) is 6.92 Å². The third-order valence-corrected chi connectivity index (χ3v) is 4.20. The monoisotopic (exact) mass is 359 g/mol. The first-order chi connectivity index (χ1) is 12.7. The summed E-state index contributed by atoms with van der Waals surface area (Å²) in [4.78, 5) is 23.6.